The van der Waals surface area contributed by atoms with Crippen molar-refractivity contribution in [2.75, 3.05) is 5.73 Å². The fourth-order valence-corrected chi connectivity index (χ4v) is 3.23. The predicted octanol–water partition coefficient (Wildman–Crippen LogP) is 4.78. The van der Waals surface area contributed by atoms with E-state index in [0.717, 1.165) is 5.69 Å². The predicted molar refractivity (Wildman–Crippen MR) is 84.0 cm³/mol. The smallest absolute Gasteiger partial charge is 0.0426 e. The molecule has 0 spiro atoms. The number of anilines is 1. The molecule has 4 aromatic rings. The maximum Gasteiger partial charge on any atom is 0.0426 e. The van der Waals surface area contributed by atoms with Gasteiger partial charge in [0.25, 0.3) is 0 Å². The highest BCUT2D eigenvalue weighted by Gasteiger charge is 2.13. The van der Waals surface area contributed by atoms with E-state index in [1.165, 1.54) is 43.4 Å². The molecule has 1 heteroatoms. The molecule has 1 nitrogen and oxygen atoms in total. The van der Waals surface area contributed by atoms with Crippen LogP contribution in [-0.4, -0.2) is 0 Å². The van der Waals surface area contributed by atoms with Crippen molar-refractivity contribution in [3.8, 4) is 0 Å². The molecule has 2 N–H and O–H groups in total. The van der Waals surface area contributed by atoms with Crippen LogP contribution in [0.4, 0.5) is 5.69 Å². The molecule has 4 aromatic carbocycles. The average molecular weight is 245 g/mol. The Morgan fingerprint density at radius 3 is 2.00 bits per heavy atom. The first kappa shape index (κ1) is 10.6. The number of rotatable bonds is 0. The molecule has 19 heavy (non-hydrogen) atoms. The van der Waals surface area contributed by atoms with E-state index in [1.54, 1.807) is 0 Å². The molecule has 0 amide bonds. The van der Waals surface area contributed by atoms with Gasteiger partial charge >= 0.3 is 0 Å². The van der Waals surface area contributed by atoms with Crippen molar-refractivity contribution in [2.24, 2.45) is 0 Å². The van der Waals surface area contributed by atoms with Crippen LogP contribution >= 0.6 is 0 Å². The van der Waals surface area contributed by atoms with Crippen LogP contribution in [0.3, 0.4) is 0 Å². The van der Waals surface area contributed by atoms with Crippen LogP contribution in [-0.2, 0) is 0 Å². The van der Waals surface area contributed by atoms with Crippen LogP contribution in [0.25, 0.3) is 32.3 Å². The SMILES string of the molecule is Cc1c(C)c2ccc3cccc4ccc(c1N)c2c34. The average Bonchev–Trinajstić information content (AvgIpc) is 2.45. The number of aryl methyl sites for hydroxylation is 1. The van der Waals surface area contributed by atoms with Crippen LogP contribution in [0.15, 0.2) is 42.5 Å². The first-order chi connectivity index (χ1) is 9.18. The summed E-state index contributed by atoms with van der Waals surface area (Å²) in [6.07, 6.45) is 0. The van der Waals surface area contributed by atoms with E-state index in [0.29, 0.717) is 0 Å². The Morgan fingerprint density at radius 2 is 1.32 bits per heavy atom. The molecule has 0 heterocycles. The zero-order valence-electron chi connectivity index (χ0n) is 11.1. The third-order valence-electron chi connectivity index (χ3n) is 4.44. The summed E-state index contributed by atoms with van der Waals surface area (Å²) >= 11 is 0. The van der Waals surface area contributed by atoms with Crippen molar-refractivity contribution in [1.29, 1.82) is 0 Å². The van der Waals surface area contributed by atoms with Gasteiger partial charge in [0.1, 0.15) is 0 Å². The van der Waals surface area contributed by atoms with Crippen LogP contribution < -0.4 is 5.73 Å². The number of benzene rings is 4. The summed E-state index contributed by atoms with van der Waals surface area (Å²) in [4.78, 5) is 0. The van der Waals surface area contributed by atoms with E-state index in [-0.39, 0.29) is 0 Å². The van der Waals surface area contributed by atoms with Crippen molar-refractivity contribution in [2.45, 2.75) is 13.8 Å². The van der Waals surface area contributed by atoms with Crippen LogP contribution in [0.1, 0.15) is 11.1 Å². The molecular formula is C18H15N. The Hall–Kier alpha value is -2.28. The maximum atomic E-state index is 6.33. The standard InChI is InChI=1S/C18H15N/c1-10-11(2)18(19)15-9-7-13-5-3-4-12-6-8-14(10)17(15)16(12)13/h3-9H,19H2,1-2H3. The third-order valence-corrected chi connectivity index (χ3v) is 4.44. The molecule has 0 unspecified atom stereocenters. The van der Waals surface area contributed by atoms with Gasteiger partial charge in [-0.2, -0.15) is 0 Å². The van der Waals surface area contributed by atoms with Crippen LogP contribution in [0, 0.1) is 13.8 Å². The normalized spacial score (nSPS) is 11.9. The van der Waals surface area contributed by atoms with Crippen LogP contribution in [0.2, 0.25) is 0 Å². The second-order valence-corrected chi connectivity index (χ2v) is 5.34. The Bertz CT molecular complexity index is 865. The van der Waals surface area contributed by atoms with Gasteiger partial charge < -0.3 is 5.73 Å². The van der Waals surface area contributed by atoms with E-state index in [1.807, 2.05) is 0 Å². The molecule has 0 aromatic heterocycles. The molecule has 0 saturated heterocycles. The van der Waals surface area contributed by atoms with Gasteiger partial charge in [0.05, 0.1) is 0 Å². The van der Waals surface area contributed by atoms with Gasteiger partial charge in [-0.3, -0.25) is 0 Å². The van der Waals surface area contributed by atoms with Gasteiger partial charge in [0, 0.05) is 11.1 Å². The quantitative estimate of drug-likeness (QED) is 0.350. The zero-order valence-corrected chi connectivity index (χ0v) is 11.1. The minimum Gasteiger partial charge on any atom is -0.398 e. The number of nitrogen functional groups attached to an aromatic ring is 1. The van der Waals surface area contributed by atoms with E-state index >= 15 is 0 Å². The summed E-state index contributed by atoms with van der Waals surface area (Å²) < 4.78 is 0. The zero-order chi connectivity index (χ0) is 13.1. The first-order valence-electron chi connectivity index (χ1n) is 6.60. The van der Waals surface area contributed by atoms with E-state index in [2.05, 4.69) is 56.3 Å². The topological polar surface area (TPSA) is 26.0 Å². The number of hydrogen-bond donors (Lipinski definition) is 1. The van der Waals surface area contributed by atoms with Crippen molar-refractivity contribution >= 4 is 38.0 Å². The maximum absolute atomic E-state index is 6.33. The molecule has 0 bridgehead atoms. The van der Waals surface area contributed by atoms with Gasteiger partial charge in [-0.15, -0.1) is 0 Å². The van der Waals surface area contributed by atoms with Crippen LogP contribution in [0.5, 0.6) is 0 Å². The van der Waals surface area contributed by atoms with Gasteiger partial charge in [-0.25, -0.2) is 0 Å². The molecule has 92 valence electrons. The lowest BCUT2D eigenvalue weighted by molar-refractivity contribution is 1.39. The fraction of sp³-hybridized carbons (Fsp3) is 0.111. The monoisotopic (exact) mass is 245 g/mol. The molecule has 0 aliphatic rings. The lowest BCUT2D eigenvalue weighted by Gasteiger charge is -2.16. The second-order valence-electron chi connectivity index (χ2n) is 5.34. The van der Waals surface area contributed by atoms with Gasteiger partial charge in [0.2, 0.25) is 0 Å². The lowest BCUT2D eigenvalue weighted by Crippen LogP contribution is -1.97. The van der Waals surface area contributed by atoms with E-state index in [9.17, 15) is 0 Å². The highest BCUT2D eigenvalue weighted by Crippen LogP contribution is 2.40. The van der Waals surface area contributed by atoms with Gasteiger partial charge in [-0.1, -0.05) is 42.5 Å². The minimum atomic E-state index is 0.920. The number of nitrogens with two attached hydrogens (primary N) is 1. The Morgan fingerprint density at radius 1 is 0.684 bits per heavy atom. The molecule has 0 fully saturated rings. The molecule has 0 saturated carbocycles. The molecular weight excluding hydrogens is 230 g/mol. The van der Waals surface area contributed by atoms with Crippen molar-refractivity contribution in [3.63, 3.8) is 0 Å². The first-order valence-corrected chi connectivity index (χ1v) is 6.60. The van der Waals surface area contributed by atoms with Gasteiger partial charge in [0.15, 0.2) is 0 Å². The summed E-state index contributed by atoms with van der Waals surface area (Å²) in [6, 6.07) is 15.2. The summed E-state index contributed by atoms with van der Waals surface area (Å²) in [5, 5.41) is 7.74. The van der Waals surface area contributed by atoms with Crippen molar-refractivity contribution in [1.82, 2.24) is 0 Å². The fourth-order valence-electron chi connectivity index (χ4n) is 3.23. The van der Waals surface area contributed by atoms with Gasteiger partial charge in [-0.05, 0) is 51.9 Å². The summed E-state index contributed by atoms with van der Waals surface area (Å²) in [5.74, 6) is 0. The molecule has 0 aliphatic heterocycles. The summed E-state index contributed by atoms with van der Waals surface area (Å²) in [6.45, 7) is 4.27. The molecule has 0 atom stereocenters. The lowest BCUT2D eigenvalue weighted by atomic mass is 9.89. The van der Waals surface area contributed by atoms with Crippen molar-refractivity contribution < 1.29 is 0 Å². The highest BCUT2D eigenvalue weighted by atomic mass is 14.6. The minimum absolute atomic E-state index is 0.920. The second kappa shape index (κ2) is 3.39. The number of hydrogen-bond acceptors (Lipinski definition) is 1. The molecule has 0 aliphatic carbocycles. The Kier molecular flexibility index (Phi) is 1.89. The molecule has 0 radical (unpaired) electrons. The summed E-state index contributed by atoms with van der Waals surface area (Å²) in [5.41, 5.74) is 9.74. The highest BCUT2D eigenvalue weighted by molar-refractivity contribution is 6.26. The van der Waals surface area contributed by atoms with E-state index in [4.69, 9.17) is 5.73 Å². The largest absolute Gasteiger partial charge is 0.398 e. The Labute approximate surface area is 112 Å². The van der Waals surface area contributed by atoms with E-state index < -0.39 is 0 Å². The van der Waals surface area contributed by atoms with Crippen molar-refractivity contribution in [3.05, 3.63) is 53.6 Å². The Balaban J connectivity index is 2.47. The summed E-state index contributed by atoms with van der Waals surface area (Å²) in [7, 11) is 0. The third kappa shape index (κ3) is 1.20. The molecule has 4 rings (SSSR count).